The maximum atomic E-state index is 6.00. The molecule has 78 valence electrons. The molecule has 0 aliphatic rings. The summed E-state index contributed by atoms with van der Waals surface area (Å²) in [6.45, 7) is 5.84. The minimum absolute atomic E-state index is 0.752. The van der Waals surface area contributed by atoms with Crippen LogP contribution in [-0.4, -0.2) is 13.7 Å². The first-order valence-corrected chi connectivity index (χ1v) is 5.10. The summed E-state index contributed by atoms with van der Waals surface area (Å²) in [5, 5.41) is 4.01. The maximum absolute atomic E-state index is 6.00. The molecule has 0 aliphatic heterocycles. The fraction of sp³-hybridized carbons (Fsp3) is 0.455. The second-order valence-corrected chi connectivity index (χ2v) is 3.60. The van der Waals surface area contributed by atoms with E-state index >= 15 is 0 Å². The van der Waals surface area contributed by atoms with Crippen LogP contribution in [0.25, 0.3) is 0 Å². The number of rotatable bonds is 4. The summed E-state index contributed by atoms with van der Waals surface area (Å²) in [5.41, 5.74) is 2.23. The SMILES string of the molecule is CCNCc1cc(C)c(Cl)cc1OC. The Bertz CT molecular complexity index is 312. The Kier molecular flexibility index (Phi) is 4.23. The summed E-state index contributed by atoms with van der Waals surface area (Å²) in [5.74, 6) is 0.849. The van der Waals surface area contributed by atoms with Gasteiger partial charge in [-0.15, -0.1) is 0 Å². The zero-order valence-corrected chi connectivity index (χ0v) is 9.61. The van der Waals surface area contributed by atoms with E-state index in [1.165, 1.54) is 0 Å². The van der Waals surface area contributed by atoms with Gasteiger partial charge in [0.1, 0.15) is 5.75 Å². The van der Waals surface area contributed by atoms with Gasteiger partial charge in [-0.25, -0.2) is 0 Å². The van der Waals surface area contributed by atoms with Gasteiger partial charge in [0, 0.05) is 17.1 Å². The van der Waals surface area contributed by atoms with Crippen LogP contribution in [0.2, 0.25) is 5.02 Å². The number of ether oxygens (including phenoxy) is 1. The first kappa shape index (κ1) is 11.3. The first-order chi connectivity index (χ1) is 6.69. The Hall–Kier alpha value is -0.730. The van der Waals surface area contributed by atoms with Crippen LogP contribution in [0.3, 0.4) is 0 Å². The molecule has 0 spiro atoms. The van der Waals surface area contributed by atoms with Crippen LogP contribution < -0.4 is 10.1 Å². The van der Waals surface area contributed by atoms with Gasteiger partial charge in [-0.1, -0.05) is 18.5 Å². The summed E-state index contributed by atoms with van der Waals surface area (Å²) in [7, 11) is 1.66. The molecule has 1 aromatic carbocycles. The van der Waals surface area contributed by atoms with Gasteiger partial charge in [0.05, 0.1) is 7.11 Å². The van der Waals surface area contributed by atoms with E-state index in [1.54, 1.807) is 7.11 Å². The average Bonchev–Trinajstić information content (AvgIpc) is 2.19. The molecule has 1 aromatic rings. The molecule has 1 N–H and O–H groups in total. The van der Waals surface area contributed by atoms with Crippen LogP contribution in [0.5, 0.6) is 5.75 Å². The molecule has 0 heterocycles. The van der Waals surface area contributed by atoms with Crippen molar-refractivity contribution in [2.45, 2.75) is 20.4 Å². The summed E-state index contributed by atoms with van der Waals surface area (Å²) in [4.78, 5) is 0. The van der Waals surface area contributed by atoms with E-state index < -0.39 is 0 Å². The van der Waals surface area contributed by atoms with Crippen LogP contribution in [0, 0.1) is 6.92 Å². The van der Waals surface area contributed by atoms with Gasteiger partial charge in [-0.05, 0) is 31.2 Å². The predicted molar refractivity (Wildman–Crippen MR) is 60.1 cm³/mol. The zero-order chi connectivity index (χ0) is 10.6. The number of hydrogen-bond acceptors (Lipinski definition) is 2. The normalized spacial score (nSPS) is 10.3. The van der Waals surface area contributed by atoms with E-state index in [0.717, 1.165) is 35.0 Å². The largest absolute Gasteiger partial charge is 0.496 e. The molecule has 2 nitrogen and oxygen atoms in total. The number of benzene rings is 1. The molecule has 0 unspecified atom stereocenters. The smallest absolute Gasteiger partial charge is 0.124 e. The van der Waals surface area contributed by atoms with Crippen LogP contribution in [0.4, 0.5) is 0 Å². The molecule has 1 rings (SSSR count). The Labute approximate surface area is 90.2 Å². The second kappa shape index (κ2) is 5.23. The lowest BCUT2D eigenvalue weighted by Crippen LogP contribution is -2.12. The lowest BCUT2D eigenvalue weighted by Gasteiger charge is -2.11. The molecule has 0 atom stereocenters. The number of halogens is 1. The van der Waals surface area contributed by atoms with Crippen molar-refractivity contribution in [1.82, 2.24) is 5.32 Å². The molecule has 0 bridgehead atoms. The van der Waals surface area contributed by atoms with Gasteiger partial charge in [0.2, 0.25) is 0 Å². The van der Waals surface area contributed by atoms with E-state index in [1.807, 2.05) is 13.0 Å². The summed E-state index contributed by atoms with van der Waals surface area (Å²) >= 11 is 6.00. The van der Waals surface area contributed by atoms with E-state index in [-0.39, 0.29) is 0 Å². The quantitative estimate of drug-likeness (QED) is 0.831. The third kappa shape index (κ3) is 2.63. The van der Waals surface area contributed by atoms with Gasteiger partial charge in [-0.2, -0.15) is 0 Å². The van der Waals surface area contributed by atoms with Crippen molar-refractivity contribution < 1.29 is 4.74 Å². The minimum atomic E-state index is 0.752. The van der Waals surface area contributed by atoms with Crippen molar-refractivity contribution in [2.24, 2.45) is 0 Å². The highest BCUT2D eigenvalue weighted by Crippen LogP contribution is 2.26. The predicted octanol–water partition coefficient (Wildman–Crippen LogP) is 2.77. The zero-order valence-electron chi connectivity index (χ0n) is 8.86. The highest BCUT2D eigenvalue weighted by molar-refractivity contribution is 6.31. The van der Waals surface area contributed by atoms with Crippen molar-refractivity contribution in [3.8, 4) is 5.75 Å². The summed E-state index contributed by atoms with van der Waals surface area (Å²) in [6.07, 6.45) is 0. The maximum Gasteiger partial charge on any atom is 0.124 e. The summed E-state index contributed by atoms with van der Waals surface area (Å²) < 4.78 is 5.25. The molecular weight excluding hydrogens is 198 g/mol. The third-order valence-electron chi connectivity index (χ3n) is 2.13. The van der Waals surface area contributed by atoms with Gasteiger partial charge in [0.25, 0.3) is 0 Å². The monoisotopic (exact) mass is 213 g/mol. The van der Waals surface area contributed by atoms with Crippen LogP contribution in [0.1, 0.15) is 18.1 Å². The third-order valence-corrected chi connectivity index (χ3v) is 2.53. The van der Waals surface area contributed by atoms with Crippen molar-refractivity contribution in [1.29, 1.82) is 0 Å². The van der Waals surface area contributed by atoms with Crippen molar-refractivity contribution in [3.63, 3.8) is 0 Å². The van der Waals surface area contributed by atoms with Gasteiger partial charge < -0.3 is 10.1 Å². The average molecular weight is 214 g/mol. The van der Waals surface area contributed by atoms with E-state index in [0.29, 0.717) is 0 Å². The molecule has 3 heteroatoms. The Morgan fingerprint density at radius 2 is 2.14 bits per heavy atom. The van der Waals surface area contributed by atoms with Gasteiger partial charge in [-0.3, -0.25) is 0 Å². The van der Waals surface area contributed by atoms with Gasteiger partial charge in [0.15, 0.2) is 0 Å². The topological polar surface area (TPSA) is 21.3 Å². The molecule has 14 heavy (non-hydrogen) atoms. The fourth-order valence-corrected chi connectivity index (χ4v) is 1.46. The highest BCUT2D eigenvalue weighted by atomic mass is 35.5. The van der Waals surface area contributed by atoms with Crippen molar-refractivity contribution >= 4 is 11.6 Å². The van der Waals surface area contributed by atoms with Crippen LogP contribution >= 0.6 is 11.6 Å². The summed E-state index contributed by atoms with van der Waals surface area (Å²) in [6, 6.07) is 3.92. The molecule has 0 saturated carbocycles. The fourth-order valence-electron chi connectivity index (χ4n) is 1.31. The van der Waals surface area contributed by atoms with Crippen molar-refractivity contribution in [2.75, 3.05) is 13.7 Å². The van der Waals surface area contributed by atoms with E-state index in [9.17, 15) is 0 Å². The number of hydrogen-bond donors (Lipinski definition) is 1. The van der Waals surface area contributed by atoms with Crippen LogP contribution in [0.15, 0.2) is 12.1 Å². The molecular formula is C11H16ClNO. The Morgan fingerprint density at radius 1 is 1.43 bits per heavy atom. The highest BCUT2D eigenvalue weighted by Gasteiger charge is 2.05. The second-order valence-electron chi connectivity index (χ2n) is 3.19. The molecule has 0 aromatic heterocycles. The van der Waals surface area contributed by atoms with Crippen molar-refractivity contribution in [3.05, 3.63) is 28.3 Å². The molecule has 0 saturated heterocycles. The minimum Gasteiger partial charge on any atom is -0.496 e. The number of methoxy groups -OCH3 is 1. The lowest BCUT2D eigenvalue weighted by molar-refractivity contribution is 0.408. The van der Waals surface area contributed by atoms with E-state index in [2.05, 4.69) is 18.3 Å². The molecule has 0 amide bonds. The van der Waals surface area contributed by atoms with Crippen LogP contribution in [-0.2, 0) is 6.54 Å². The lowest BCUT2D eigenvalue weighted by atomic mass is 10.1. The molecule has 0 aliphatic carbocycles. The van der Waals surface area contributed by atoms with E-state index in [4.69, 9.17) is 16.3 Å². The number of aryl methyl sites for hydroxylation is 1. The Balaban J connectivity index is 2.95. The first-order valence-electron chi connectivity index (χ1n) is 4.72. The molecule has 0 fully saturated rings. The Morgan fingerprint density at radius 3 is 2.71 bits per heavy atom. The number of nitrogens with one attached hydrogen (secondary N) is 1. The molecule has 0 radical (unpaired) electrons. The standard InChI is InChI=1S/C11H16ClNO/c1-4-13-7-9-5-8(2)10(12)6-11(9)14-3/h5-6,13H,4,7H2,1-3H3. The van der Waals surface area contributed by atoms with Gasteiger partial charge >= 0.3 is 0 Å².